The summed E-state index contributed by atoms with van der Waals surface area (Å²) in [6.45, 7) is 3.32. The molecule has 1 aliphatic rings. The van der Waals surface area contributed by atoms with Crippen LogP contribution in [0.2, 0.25) is 0 Å². The van der Waals surface area contributed by atoms with E-state index >= 15 is 0 Å². The van der Waals surface area contributed by atoms with Crippen LogP contribution < -0.4 is 11.1 Å². The first-order valence-corrected chi connectivity index (χ1v) is 6.92. The molecular weight excluding hydrogens is 240 g/mol. The minimum Gasteiger partial charge on any atom is -0.378 e. The standard InChI is InChI=1S/C15H22N2O2/c1-11-14(7-9-19-11)15(18)17-13-6-2-4-12(10-13)5-3-8-16/h2,4,6,10-11,14H,3,5,7-9,16H2,1H3,(H,17,18). The summed E-state index contributed by atoms with van der Waals surface area (Å²) in [7, 11) is 0. The fraction of sp³-hybridized carbons (Fsp3) is 0.533. The van der Waals surface area contributed by atoms with Gasteiger partial charge in [0.05, 0.1) is 12.0 Å². The molecule has 104 valence electrons. The molecule has 0 bridgehead atoms. The lowest BCUT2D eigenvalue weighted by atomic mass is 10.0. The molecule has 0 aromatic heterocycles. The van der Waals surface area contributed by atoms with Crippen LogP contribution in [0, 0.1) is 5.92 Å². The van der Waals surface area contributed by atoms with Crippen LogP contribution in [0.5, 0.6) is 0 Å². The number of rotatable bonds is 5. The monoisotopic (exact) mass is 262 g/mol. The van der Waals surface area contributed by atoms with Gasteiger partial charge in [-0.1, -0.05) is 12.1 Å². The van der Waals surface area contributed by atoms with E-state index in [-0.39, 0.29) is 17.9 Å². The lowest BCUT2D eigenvalue weighted by Crippen LogP contribution is -2.27. The number of aryl methyl sites for hydroxylation is 1. The number of carbonyl (C=O) groups excluding carboxylic acids is 1. The molecule has 2 unspecified atom stereocenters. The molecule has 4 heteroatoms. The summed E-state index contributed by atoms with van der Waals surface area (Å²) in [5.74, 6) is 0.0219. The van der Waals surface area contributed by atoms with Crippen molar-refractivity contribution >= 4 is 11.6 Å². The van der Waals surface area contributed by atoms with E-state index in [9.17, 15) is 4.79 Å². The SMILES string of the molecule is CC1OCCC1C(=O)Nc1cccc(CCCN)c1. The molecule has 4 nitrogen and oxygen atoms in total. The maximum Gasteiger partial charge on any atom is 0.230 e. The van der Waals surface area contributed by atoms with Crippen LogP contribution >= 0.6 is 0 Å². The summed E-state index contributed by atoms with van der Waals surface area (Å²) in [5, 5.41) is 2.98. The Bertz CT molecular complexity index is 434. The van der Waals surface area contributed by atoms with Gasteiger partial charge in [-0.3, -0.25) is 4.79 Å². The van der Waals surface area contributed by atoms with Gasteiger partial charge in [0.2, 0.25) is 5.91 Å². The number of benzene rings is 1. The topological polar surface area (TPSA) is 64.3 Å². The first-order valence-electron chi connectivity index (χ1n) is 6.92. The van der Waals surface area contributed by atoms with E-state index in [4.69, 9.17) is 10.5 Å². The normalized spacial score (nSPS) is 22.4. The third-order valence-corrected chi connectivity index (χ3v) is 3.58. The molecule has 1 saturated heterocycles. The van der Waals surface area contributed by atoms with Crippen LogP contribution in [0.4, 0.5) is 5.69 Å². The van der Waals surface area contributed by atoms with Crippen LogP contribution in [-0.4, -0.2) is 25.2 Å². The number of nitrogens with two attached hydrogens (primary N) is 1. The van der Waals surface area contributed by atoms with Crippen LogP contribution in [-0.2, 0) is 16.0 Å². The van der Waals surface area contributed by atoms with E-state index in [1.165, 1.54) is 5.56 Å². The van der Waals surface area contributed by atoms with E-state index in [0.717, 1.165) is 24.9 Å². The predicted octanol–water partition coefficient (Wildman–Crippen LogP) is 1.94. The van der Waals surface area contributed by atoms with E-state index in [0.29, 0.717) is 13.2 Å². The van der Waals surface area contributed by atoms with Gasteiger partial charge in [0.25, 0.3) is 0 Å². The van der Waals surface area contributed by atoms with E-state index in [1.807, 2.05) is 25.1 Å². The Labute approximate surface area is 114 Å². The molecule has 0 radical (unpaired) electrons. The van der Waals surface area contributed by atoms with Crippen molar-refractivity contribution in [2.24, 2.45) is 11.7 Å². The molecule has 1 aliphatic heterocycles. The Morgan fingerprint density at radius 3 is 3.05 bits per heavy atom. The van der Waals surface area contributed by atoms with Crippen molar-refractivity contribution in [3.05, 3.63) is 29.8 Å². The molecule has 3 N–H and O–H groups in total. The molecule has 1 aromatic rings. The van der Waals surface area contributed by atoms with Gasteiger partial charge in [0.1, 0.15) is 0 Å². The second kappa shape index (κ2) is 6.68. The maximum absolute atomic E-state index is 12.1. The van der Waals surface area contributed by atoms with Gasteiger partial charge in [-0.05, 0) is 50.4 Å². The third kappa shape index (κ3) is 3.78. The highest BCUT2D eigenvalue weighted by Crippen LogP contribution is 2.22. The quantitative estimate of drug-likeness (QED) is 0.852. The van der Waals surface area contributed by atoms with Crippen molar-refractivity contribution < 1.29 is 9.53 Å². The van der Waals surface area contributed by atoms with E-state index in [1.54, 1.807) is 0 Å². The predicted molar refractivity (Wildman–Crippen MR) is 76.0 cm³/mol. The molecule has 1 aromatic carbocycles. The number of anilines is 1. The molecule has 0 saturated carbocycles. The Morgan fingerprint density at radius 1 is 1.53 bits per heavy atom. The summed E-state index contributed by atoms with van der Waals surface area (Å²) in [6, 6.07) is 7.97. The number of ether oxygens (including phenoxy) is 1. The van der Waals surface area contributed by atoms with Crippen LogP contribution in [0.3, 0.4) is 0 Å². The zero-order valence-corrected chi connectivity index (χ0v) is 11.4. The molecule has 2 atom stereocenters. The average Bonchev–Trinajstić information content (AvgIpc) is 2.83. The second-order valence-corrected chi connectivity index (χ2v) is 5.05. The number of hydrogen-bond donors (Lipinski definition) is 2. The zero-order valence-electron chi connectivity index (χ0n) is 11.4. The summed E-state index contributed by atoms with van der Waals surface area (Å²) in [5.41, 5.74) is 7.58. The minimum absolute atomic E-state index is 0.0143. The minimum atomic E-state index is -0.0345. The Balaban J connectivity index is 1.96. The van der Waals surface area contributed by atoms with Crippen LogP contribution in [0.1, 0.15) is 25.3 Å². The van der Waals surface area contributed by atoms with E-state index in [2.05, 4.69) is 11.4 Å². The highest BCUT2D eigenvalue weighted by Gasteiger charge is 2.30. The van der Waals surface area contributed by atoms with Gasteiger partial charge < -0.3 is 15.8 Å². The smallest absolute Gasteiger partial charge is 0.230 e. The van der Waals surface area contributed by atoms with Gasteiger partial charge in [-0.2, -0.15) is 0 Å². The van der Waals surface area contributed by atoms with Crippen LogP contribution in [0.25, 0.3) is 0 Å². The van der Waals surface area contributed by atoms with Crippen molar-refractivity contribution in [3.8, 4) is 0 Å². The lowest BCUT2D eigenvalue weighted by Gasteiger charge is -2.14. The lowest BCUT2D eigenvalue weighted by molar-refractivity contribution is -0.121. The van der Waals surface area contributed by atoms with Crippen molar-refractivity contribution in [3.63, 3.8) is 0 Å². The second-order valence-electron chi connectivity index (χ2n) is 5.05. The van der Waals surface area contributed by atoms with Gasteiger partial charge in [0, 0.05) is 12.3 Å². The van der Waals surface area contributed by atoms with E-state index < -0.39 is 0 Å². The summed E-state index contributed by atoms with van der Waals surface area (Å²) >= 11 is 0. The molecule has 19 heavy (non-hydrogen) atoms. The molecule has 0 aliphatic carbocycles. The summed E-state index contributed by atoms with van der Waals surface area (Å²) in [4.78, 5) is 12.1. The first kappa shape index (κ1) is 14.0. The molecule has 1 heterocycles. The average molecular weight is 262 g/mol. The fourth-order valence-corrected chi connectivity index (χ4v) is 2.42. The largest absolute Gasteiger partial charge is 0.378 e. The van der Waals surface area contributed by atoms with Gasteiger partial charge in [0.15, 0.2) is 0 Å². The Kier molecular flexibility index (Phi) is 4.93. The number of hydrogen-bond acceptors (Lipinski definition) is 3. The number of nitrogens with one attached hydrogen (secondary N) is 1. The number of amides is 1. The molecule has 2 rings (SSSR count). The molecule has 1 amide bonds. The summed E-state index contributed by atoms with van der Waals surface area (Å²) in [6.07, 6.45) is 2.73. The highest BCUT2D eigenvalue weighted by molar-refractivity contribution is 5.93. The third-order valence-electron chi connectivity index (χ3n) is 3.58. The highest BCUT2D eigenvalue weighted by atomic mass is 16.5. The summed E-state index contributed by atoms with van der Waals surface area (Å²) < 4.78 is 5.43. The molecular formula is C15H22N2O2. The fourth-order valence-electron chi connectivity index (χ4n) is 2.42. The van der Waals surface area contributed by atoms with Gasteiger partial charge in [-0.25, -0.2) is 0 Å². The zero-order chi connectivity index (χ0) is 13.7. The van der Waals surface area contributed by atoms with Crippen molar-refractivity contribution in [1.82, 2.24) is 0 Å². The maximum atomic E-state index is 12.1. The van der Waals surface area contributed by atoms with Crippen molar-refractivity contribution in [2.75, 3.05) is 18.5 Å². The molecule has 0 spiro atoms. The first-order chi connectivity index (χ1) is 9.20. The van der Waals surface area contributed by atoms with Crippen LogP contribution in [0.15, 0.2) is 24.3 Å². The van der Waals surface area contributed by atoms with Crippen molar-refractivity contribution in [2.45, 2.75) is 32.3 Å². The van der Waals surface area contributed by atoms with Crippen molar-refractivity contribution in [1.29, 1.82) is 0 Å². The molecule has 1 fully saturated rings. The Hall–Kier alpha value is -1.39. The van der Waals surface area contributed by atoms with Gasteiger partial charge >= 0.3 is 0 Å². The Morgan fingerprint density at radius 2 is 2.37 bits per heavy atom. The van der Waals surface area contributed by atoms with Gasteiger partial charge in [-0.15, -0.1) is 0 Å². The number of carbonyl (C=O) groups is 1.